The molecule has 31 heavy (non-hydrogen) atoms. The average molecular weight is 446 g/mol. The third-order valence-corrected chi connectivity index (χ3v) is 6.00. The molecule has 1 aliphatic heterocycles. The summed E-state index contributed by atoms with van der Waals surface area (Å²) in [5.41, 5.74) is 1.09. The number of hydrogen-bond donors (Lipinski definition) is 3. The van der Waals surface area contributed by atoms with E-state index in [4.69, 9.17) is 9.47 Å². The zero-order valence-corrected chi connectivity index (χ0v) is 19.1. The first-order valence-electron chi connectivity index (χ1n) is 10.4. The van der Waals surface area contributed by atoms with Crippen LogP contribution in [0.25, 0.3) is 0 Å². The number of ether oxygens (including phenoxy) is 2. The van der Waals surface area contributed by atoms with Gasteiger partial charge in [-0.1, -0.05) is 6.07 Å². The van der Waals surface area contributed by atoms with Gasteiger partial charge in [-0.15, -0.1) is 11.3 Å². The zero-order chi connectivity index (χ0) is 22.1. The number of rotatable bonds is 9. The molecule has 3 rings (SSSR count). The molecule has 2 aromatic rings. The molecule has 3 N–H and O–H groups in total. The Bertz CT molecular complexity index is 850. The van der Waals surface area contributed by atoms with Gasteiger partial charge in [0.25, 0.3) is 5.91 Å². The lowest BCUT2D eigenvalue weighted by molar-refractivity contribution is 0.0957. The standard InChI is InChI=1S/C22H31N5O3S/c1-23-22(25-9-5-8-24-21(28)20-6-4-11-31-20)26-16-7-10-27(15-16)17-12-18(29-2)14-19(13-17)30-3/h4,6,11-14,16H,5,7-10,15H2,1-3H3,(H,24,28)(H2,23,25,26). The van der Waals surface area contributed by atoms with Crippen LogP contribution in [0.1, 0.15) is 22.5 Å². The van der Waals surface area contributed by atoms with Crippen molar-refractivity contribution >= 4 is 28.9 Å². The molecule has 1 amide bonds. The van der Waals surface area contributed by atoms with Crippen molar-refractivity contribution in [2.75, 3.05) is 52.3 Å². The molecule has 0 bridgehead atoms. The van der Waals surface area contributed by atoms with E-state index in [0.29, 0.717) is 12.6 Å². The van der Waals surface area contributed by atoms with Crippen molar-refractivity contribution in [3.05, 3.63) is 40.6 Å². The van der Waals surface area contributed by atoms with Crippen molar-refractivity contribution < 1.29 is 14.3 Å². The van der Waals surface area contributed by atoms with Crippen molar-refractivity contribution in [3.63, 3.8) is 0 Å². The van der Waals surface area contributed by atoms with E-state index < -0.39 is 0 Å². The van der Waals surface area contributed by atoms with Crippen molar-refractivity contribution in [3.8, 4) is 11.5 Å². The molecule has 8 nitrogen and oxygen atoms in total. The van der Waals surface area contributed by atoms with Crippen LogP contribution in [-0.2, 0) is 0 Å². The summed E-state index contributed by atoms with van der Waals surface area (Å²) < 4.78 is 10.8. The Kier molecular flexibility index (Phi) is 8.40. The van der Waals surface area contributed by atoms with Crippen molar-refractivity contribution in [2.24, 2.45) is 4.99 Å². The SMILES string of the molecule is CN=C(NCCCNC(=O)c1cccs1)NC1CCN(c2cc(OC)cc(OC)c2)C1. The van der Waals surface area contributed by atoms with E-state index in [9.17, 15) is 4.79 Å². The molecule has 1 fully saturated rings. The lowest BCUT2D eigenvalue weighted by atomic mass is 10.2. The second kappa shape index (κ2) is 11.5. The molecule has 1 saturated heterocycles. The minimum absolute atomic E-state index is 0.0160. The Labute approximate surface area is 187 Å². The summed E-state index contributed by atoms with van der Waals surface area (Å²) in [4.78, 5) is 19.3. The highest BCUT2D eigenvalue weighted by atomic mass is 32.1. The molecule has 1 unspecified atom stereocenters. The van der Waals surface area contributed by atoms with E-state index in [2.05, 4.69) is 25.8 Å². The third-order valence-electron chi connectivity index (χ3n) is 5.13. The maximum absolute atomic E-state index is 11.9. The van der Waals surface area contributed by atoms with Crippen LogP contribution in [0, 0.1) is 0 Å². The van der Waals surface area contributed by atoms with Gasteiger partial charge in [0, 0.05) is 63.2 Å². The molecule has 0 radical (unpaired) electrons. The van der Waals surface area contributed by atoms with Gasteiger partial charge in [0.15, 0.2) is 5.96 Å². The highest BCUT2D eigenvalue weighted by Gasteiger charge is 2.24. The normalized spacial score (nSPS) is 16.2. The number of methoxy groups -OCH3 is 2. The maximum atomic E-state index is 11.9. The number of carbonyl (C=O) groups is 1. The summed E-state index contributed by atoms with van der Waals surface area (Å²) in [5.74, 6) is 2.33. The van der Waals surface area contributed by atoms with Gasteiger partial charge >= 0.3 is 0 Å². The van der Waals surface area contributed by atoms with Crippen LogP contribution < -0.4 is 30.3 Å². The summed E-state index contributed by atoms with van der Waals surface area (Å²) in [5, 5.41) is 11.7. The van der Waals surface area contributed by atoms with Crippen molar-refractivity contribution in [2.45, 2.75) is 18.9 Å². The first kappa shape index (κ1) is 22.7. The van der Waals surface area contributed by atoms with Gasteiger partial charge in [0.05, 0.1) is 19.1 Å². The van der Waals surface area contributed by atoms with E-state index in [-0.39, 0.29) is 5.91 Å². The summed E-state index contributed by atoms with van der Waals surface area (Å²) in [6.45, 7) is 3.16. The van der Waals surface area contributed by atoms with Crippen LogP contribution in [0.2, 0.25) is 0 Å². The van der Waals surface area contributed by atoms with Crippen LogP contribution in [0.15, 0.2) is 40.7 Å². The summed E-state index contributed by atoms with van der Waals surface area (Å²) in [6.07, 6.45) is 1.83. The van der Waals surface area contributed by atoms with Crippen molar-refractivity contribution in [1.29, 1.82) is 0 Å². The number of carbonyl (C=O) groups excluding carboxylic acids is 1. The quantitative estimate of drug-likeness (QED) is 0.312. The predicted molar refractivity (Wildman–Crippen MR) is 126 cm³/mol. The zero-order valence-electron chi connectivity index (χ0n) is 18.3. The van der Waals surface area contributed by atoms with E-state index in [1.54, 1.807) is 21.3 Å². The Balaban J connectivity index is 1.41. The highest BCUT2D eigenvalue weighted by molar-refractivity contribution is 7.12. The van der Waals surface area contributed by atoms with Crippen LogP contribution >= 0.6 is 11.3 Å². The molecular formula is C22H31N5O3S. The molecular weight excluding hydrogens is 414 g/mol. The largest absolute Gasteiger partial charge is 0.497 e. The number of aliphatic imine (C=N–C) groups is 1. The van der Waals surface area contributed by atoms with Gasteiger partial charge in [0.2, 0.25) is 0 Å². The molecule has 168 valence electrons. The van der Waals surface area contributed by atoms with Gasteiger partial charge in [-0.05, 0) is 24.3 Å². The van der Waals surface area contributed by atoms with Gasteiger partial charge in [0.1, 0.15) is 11.5 Å². The molecule has 0 aliphatic carbocycles. The number of benzene rings is 1. The lowest BCUT2D eigenvalue weighted by Gasteiger charge is -2.21. The third kappa shape index (κ3) is 6.52. The number of guanidine groups is 1. The topological polar surface area (TPSA) is 87.2 Å². The summed E-state index contributed by atoms with van der Waals surface area (Å²) in [7, 11) is 5.10. The number of nitrogens with zero attached hydrogens (tertiary/aromatic N) is 2. The number of anilines is 1. The Hall–Kier alpha value is -2.94. The monoisotopic (exact) mass is 445 g/mol. The first-order chi connectivity index (χ1) is 15.1. The highest BCUT2D eigenvalue weighted by Crippen LogP contribution is 2.30. The van der Waals surface area contributed by atoms with Crippen LogP contribution in [0.5, 0.6) is 11.5 Å². The second-order valence-corrected chi connectivity index (χ2v) is 8.18. The predicted octanol–water partition coefficient (Wildman–Crippen LogP) is 2.33. The van der Waals surface area contributed by atoms with Crippen LogP contribution in [0.4, 0.5) is 5.69 Å². The van der Waals surface area contributed by atoms with Gasteiger partial charge in [-0.3, -0.25) is 9.79 Å². The van der Waals surface area contributed by atoms with E-state index in [0.717, 1.165) is 60.5 Å². The average Bonchev–Trinajstić information content (AvgIpc) is 3.50. The smallest absolute Gasteiger partial charge is 0.261 e. The van der Waals surface area contributed by atoms with E-state index in [1.807, 2.05) is 35.7 Å². The Morgan fingerprint density at radius 1 is 1.19 bits per heavy atom. The fourth-order valence-corrected chi connectivity index (χ4v) is 4.11. The fourth-order valence-electron chi connectivity index (χ4n) is 3.47. The first-order valence-corrected chi connectivity index (χ1v) is 11.3. The number of amides is 1. The molecule has 0 saturated carbocycles. The molecule has 1 aromatic carbocycles. The summed E-state index contributed by atoms with van der Waals surface area (Å²) in [6, 6.07) is 9.94. The molecule has 1 atom stereocenters. The minimum atomic E-state index is -0.0160. The van der Waals surface area contributed by atoms with E-state index in [1.165, 1.54) is 11.3 Å². The molecule has 1 aliphatic rings. The van der Waals surface area contributed by atoms with Crippen molar-refractivity contribution in [1.82, 2.24) is 16.0 Å². The Morgan fingerprint density at radius 2 is 1.94 bits per heavy atom. The molecule has 0 spiro atoms. The Morgan fingerprint density at radius 3 is 2.58 bits per heavy atom. The lowest BCUT2D eigenvalue weighted by Crippen LogP contribution is -2.45. The molecule has 1 aromatic heterocycles. The maximum Gasteiger partial charge on any atom is 0.261 e. The second-order valence-electron chi connectivity index (χ2n) is 7.23. The number of nitrogens with one attached hydrogen (secondary N) is 3. The van der Waals surface area contributed by atoms with Crippen LogP contribution in [0.3, 0.4) is 0 Å². The van der Waals surface area contributed by atoms with Gasteiger partial charge in [-0.25, -0.2) is 0 Å². The number of hydrogen-bond acceptors (Lipinski definition) is 6. The summed E-state index contributed by atoms with van der Waals surface area (Å²) >= 11 is 1.45. The molecule has 9 heteroatoms. The van der Waals surface area contributed by atoms with E-state index >= 15 is 0 Å². The molecule has 2 heterocycles. The minimum Gasteiger partial charge on any atom is -0.497 e. The fraction of sp³-hybridized carbons (Fsp3) is 0.455. The number of thiophene rings is 1. The van der Waals surface area contributed by atoms with Gasteiger partial charge < -0.3 is 30.3 Å². The van der Waals surface area contributed by atoms with Gasteiger partial charge in [-0.2, -0.15) is 0 Å². The van der Waals surface area contributed by atoms with Crippen LogP contribution in [-0.4, -0.2) is 65.4 Å².